The molecule has 0 saturated carbocycles. The zero-order chi connectivity index (χ0) is 19.6. The van der Waals surface area contributed by atoms with E-state index in [4.69, 9.17) is 16.3 Å². The van der Waals surface area contributed by atoms with Gasteiger partial charge in [-0.2, -0.15) is 18.3 Å². The smallest absolute Gasteiger partial charge is 0.416 e. The van der Waals surface area contributed by atoms with Crippen molar-refractivity contribution in [1.82, 2.24) is 14.7 Å². The Kier molecular flexibility index (Phi) is 5.61. The largest absolute Gasteiger partial charge is 0.445 e. The SMILES string of the molecule is O=C(OCc1cc(Cl)cc(C(F)(F)F)c1)N1CCCn2nc(CO)cc2C1. The Balaban J connectivity index is 1.66. The number of hydrogen-bond acceptors (Lipinski definition) is 4. The minimum Gasteiger partial charge on any atom is -0.445 e. The van der Waals surface area contributed by atoms with Crippen molar-refractivity contribution in [2.75, 3.05) is 6.54 Å². The minimum atomic E-state index is -4.53. The number of aryl methyl sites for hydroxylation is 1. The van der Waals surface area contributed by atoms with Crippen LogP contribution < -0.4 is 0 Å². The molecule has 10 heteroatoms. The molecule has 0 aliphatic carbocycles. The van der Waals surface area contributed by atoms with Gasteiger partial charge >= 0.3 is 12.3 Å². The average Bonchev–Trinajstić information content (AvgIpc) is 2.89. The van der Waals surface area contributed by atoms with Crippen LogP contribution in [0.4, 0.5) is 18.0 Å². The van der Waals surface area contributed by atoms with Crippen LogP contribution >= 0.6 is 11.6 Å². The van der Waals surface area contributed by atoms with Gasteiger partial charge in [0.15, 0.2) is 0 Å². The lowest BCUT2D eigenvalue weighted by molar-refractivity contribution is -0.137. The Labute approximate surface area is 158 Å². The summed E-state index contributed by atoms with van der Waals surface area (Å²) in [6.07, 6.45) is -4.52. The summed E-state index contributed by atoms with van der Waals surface area (Å²) in [6.45, 7) is 0.762. The second-order valence-corrected chi connectivity index (χ2v) is 6.62. The third kappa shape index (κ3) is 4.72. The van der Waals surface area contributed by atoms with Crippen LogP contribution in [-0.2, 0) is 37.2 Å². The van der Waals surface area contributed by atoms with Gasteiger partial charge in [0, 0.05) is 18.1 Å². The number of aliphatic hydroxyl groups is 1. The van der Waals surface area contributed by atoms with Crippen molar-refractivity contribution >= 4 is 17.7 Å². The summed E-state index contributed by atoms with van der Waals surface area (Å²) in [5, 5.41) is 13.3. The summed E-state index contributed by atoms with van der Waals surface area (Å²) in [5.74, 6) is 0. The number of hydrogen-bond donors (Lipinski definition) is 1. The number of fused-ring (bicyclic) bond motifs is 1. The molecular formula is C17H17ClF3N3O3. The van der Waals surface area contributed by atoms with Crippen LogP contribution in [0.3, 0.4) is 0 Å². The summed E-state index contributed by atoms with van der Waals surface area (Å²) in [5.41, 5.74) is 0.538. The van der Waals surface area contributed by atoms with E-state index in [1.165, 1.54) is 11.0 Å². The highest BCUT2D eigenvalue weighted by Gasteiger charge is 2.31. The second-order valence-electron chi connectivity index (χ2n) is 6.18. The van der Waals surface area contributed by atoms with Crippen LogP contribution in [0.1, 0.15) is 28.9 Å². The van der Waals surface area contributed by atoms with E-state index in [0.717, 1.165) is 17.8 Å². The van der Waals surface area contributed by atoms with E-state index < -0.39 is 17.8 Å². The minimum absolute atomic E-state index is 0.0777. The molecule has 1 N–H and O–H groups in total. The topological polar surface area (TPSA) is 67.6 Å². The molecule has 1 aromatic carbocycles. The molecule has 1 aliphatic rings. The van der Waals surface area contributed by atoms with E-state index in [9.17, 15) is 23.1 Å². The normalized spacial score (nSPS) is 14.6. The Morgan fingerprint density at radius 1 is 1.26 bits per heavy atom. The fourth-order valence-electron chi connectivity index (χ4n) is 2.89. The molecule has 0 fully saturated rings. The van der Waals surface area contributed by atoms with Crippen LogP contribution in [0.5, 0.6) is 0 Å². The summed E-state index contributed by atoms with van der Waals surface area (Å²) in [4.78, 5) is 13.8. The predicted octanol–water partition coefficient (Wildman–Crippen LogP) is 3.59. The second kappa shape index (κ2) is 7.77. The van der Waals surface area contributed by atoms with E-state index in [2.05, 4.69) is 5.10 Å². The van der Waals surface area contributed by atoms with Crippen molar-refractivity contribution in [1.29, 1.82) is 0 Å². The number of carbonyl (C=O) groups is 1. The van der Waals surface area contributed by atoms with Gasteiger partial charge in [0.05, 0.1) is 30.1 Å². The number of nitrogens with zero attached hydrogens (tertiary/aromatic N) is 3. The molecule has 0 atom stereocenters. The maximum absolute atomic E-state index is 12.9. The molecule has 0 spiro atoms. The molecule has 6 nitrogen and oxygen atoms in total. The molecule has 0 bridgehead atoms. The van der Waals surface area contributed by atoms with Crippen LogP contribution in [0, 0.1) is 0 Å². The summed E-state index contributed by atoms with van der Waals surface area (Å²) in [6, 6.07) is 4.76. The third-order valence-corrected chi connectivity index (χ3v) is 4.35. The van der Waals surface area contributed by atoms with Gasteiger partial charge in [0.25, 0.3) is 0 Å². The van der Waals surface area contributed by atoms with Gasteiger partial charge in [0.1, 0.15) is 6.61 Å². The average molecular weight is 404 g/mol. The van der Waals surface area contributed by atoms with Crippen molar-refractivity contribution in [3.63, 3.8) is 0 Å². The first kappa shape index (κ1) is 19.5. The van der Waals surface area contributed by atoms with Gasteiger partial charge in [-0.25, -0.2) is 4.79 Å². The summed E-state index contributed by atoms with van der Waals surface area (Å²) >= 11 is 5.73. The predicted molar refractivity (Wildman–Crippen MR) is 89.8 cm³/mol. The number of alkyl halides is 3. The van der Waals surface area contributed by atoms with E-state index in [1.807, 2.05) is 0 Å². The molecule has 2 aromatic rings. The Morgan fingerprint density at radius 2 is 2.04 bits per heavy atom. The first-order chi connectivity index (χ1) is 12.8. The number of halogens is 4. The van der Waals surface area contributed by atoms with Crippen molar-refractivity contribution in [3.8, 4) is 0 Å². The number of benzene rings is 1. The first-order valence-corrected chi connectivity index (χ1v) is 8.59. The molecular weight excluding hydrogens is 387 g/mol. The maximum atomic E-state index is 12.9. The molecule has 1 aliphatic heterocycles. The standard InChI is InChI=1S/C17H17ClF3N3O3/c18-13-5-11(4-12(6-13)17(19,20)21)10-27-16(26)23-2-1-3-24-15(8-23)7-14(9-25)22-24/h4-7,25H,1-3,8-10H2. The number of ether oxygens (including phenoxy) is 1. The fourth-order valence-corrected chi connectivity index (χ4v) is 3.15. The molecule has 1 amide bonds. The highest BCUT2D eigenvalue weighted by atomic mass is 35.5. The molecule has 27 heavy (non-hydrogen) atoms. The Morgan fingerprint density at radius 3 is 2.74 bits per heavy atom. The van der Waals surface area contributed by atoms with Gasteiger partial charge in [-0.3, -0.25) is 4.68 Å². The molecule has 0 saturated heterocycles. The lowest BCUT2D eigenvalue weighted by Gasteiger charge is -2.19. The van der Waals surface area contributed by atoms with Gasteiger partial charge in [-0.05, 0) is 36.2 Å². The van der Waals surface area contributed by atoms with Crippen molar-refractivity contribution in [2.24, 2.45) is 0 Å². The number of amides is 1. The van der Waals surface area contributed by atoms with Gasteiger partial charge in [0.2, 0.25) is 0 Å². The van der Waals surface area contributed by atoms with Crippen LogP contribution in [0.2, 0.25) is 5.02 Å². The van der Waals surface area contributed by atoms with Crippen molar-refractivity contribution in [3.05, 3.63) is 51.8 Å². The monoisotopic (exact) mass is 403 g/mol. The molecule has 146 valence electrons. The lowest BCUT2D eigenvalue weighted by Crippen LogP contribution is -2.31. The summed E-state index contributed by atoms with van der Waals surface area (Å²) < 4.78 is 45.5. The molecule has 3 rings (SSSR count). The van der Waals surface area contributed by atoms with E-state index in [1.54, 1.807) is 10.7 Å². The highest BCUT2D eigenvalue weighted by Crippen LogP contribution is 2.32. The van der Waals surface area contributed by atoms with Gasteiger partial charge in [-0.15, -0.1) is 0 Å². The number of carbonyl (C=O) groups excluding carboxylic acids is 1. The molecule has 0 radical (unpaired) electrons. The van der Waals surface area contributed by atoms with Gasteiger partial charge < -0.3 is 14.7 Å². The van der Waals surface area contributed by atoms with Gasteiger partial charge in [-0.1, -0.05) is 11.6 Å². The van der Waals surface area contributed by atoms with Crippen LogP contribution in [-0.4, -0.2) is 32.4 Å². The van der Waals surface area contributed by atoms with E-state index >= 15 is 0 Å². The Bertz CT molecular complexity index is 839. The number of aliphatic hydroxyl groups excluding tert-OH is 1. The lowest BCUT2D eigenvalue weighted by atomic mass is 10.1. The fraction of sp³-hybridized carbons (Fsp3) is 0.412. The van der Waals surface area contributed by atoms with Crippen molar-refractivity contribution in [2.45, 2.75) is 38.9 Å². The zero-order valence-electron chi connectivity index (χ0n) is 14.2. The molecule has 0 unspecified atom stereocenters. The highest BCUT2D eigenvalue weighted by molar-refractivity contribution is 6.30. The Hall–Kier alpha value is -2.26. The molecule has 2 heterocycles. The number of aromatic nitrogens is 2. The van der Waals surface area contributed by atoms with Crippen molar-refractivity contribution < 1.29 is 27.8 Å². The maximum Gasteiger partial charge on any atom is 0.416 e. The van der Waals surface area contributed by atoms with E-state index in [0.29, 0.717) is 25.2 Å². The van der Waals surface area contributed by atoms with Crippen LogP contribution in [0.25, 0.3) is 0 Å². The van der Waals surface area contributed by atoms with E-state index in [-0.39, 0.29) is 30.3 Å². The zero-order valence-corrected chi connectivity index (χ0v) is 14.9. The first-order valence-electron chi connectivity index (χ1n) is 8.21. The quantitative estimate of drug-likeness (QED) is 0.850. The third-order valence-electron chi connectivity index (χ3n) is 4.13. The molecule has 1 aromatic heterocycles. The summed E-state index contributed by atoms with van der Waals surface area (Å²) in [7, 11) is 0. The number of rotatable bonds is 3. The van der Waals surface area contributed by atoms with Crippen LogP contribution in [0.15, 0.2) is 24.3 Å².